The Morgan fingerprint density at radius 3 is 2.76 bits per heavy atom. The summed E-state index contributed by atoms with van der Waals surface area (Å²) in [6, 6.07) is 10.0. The van der Waals surface area contributed by atoms with Crippen LogP contribution in [0.3, 0.4) is 0 Å². The van der Waals surface area contributed by atoms with Gasteiger partial charge in [0.25, 0.3) is 0 Å². The van der Waals surface area contributed by atoms with Crippen LogP contribution in [0.5, 0.6) is 0 Å². The highest BCUT2D eigenvalue weighted by atomic mass is 16.4. The molecule has 6 nitrogen and oxygen atoms in total. The smallest absolute Gasteiger partial charge is 0.133 e. The molecule has 1 aromatic carbocycles. The fourth-order valence-electron chi connectivity index (χ4n) is 3.32. The fourth-order valence-corrected chi connectivity index (χ4v) is 3.32. The Kier molecular flexibility index (Phi) is 4.38. The van der Waals surface area contributed by atoms with Gasteiger partial charge in [-0.2, -0.15) is 0 Å². The van der Waals surface area contributed by atoms with Crippen molar-refractivity contribution in [2.45, 2.75) is 13.0 Å². The average Bonchev–Trinajstić information content (AvgIpc) is 3.08. The molecule has 3 heterocycles. The Hall–Kier alpha value is -2.44. The SMILES string of the molecule is Cc1ccc(C(O)CN2CCN(c3ccc4ncncc4c3)CC2)o1. The molecule has 0 saturated carbocycles. The van der Waals surface area contributed by atoms with E-state index in [1.807, 2.05) is 31.3 Å². The number of aromatic nitrogens is 2. The van der Waals surface area contributed by atoms with E-state index in [0.717, 1.165) is 42.8 Å². The molecule has 2 aromatic heterocycles. The first kappa shape index (κ1) is 16.1. The lowest BCUT2D eigenvalue weighted by molar-refractivity contribution is 0.0908. The summed E-state index contributed by atoms with van der Waals surface area (Å²) < 4.78 is 5.52. The molecule has 0 aliphatic carbocycles. The molecule has 1 N–H and O–H groups in total. The Balaban J connectivity index is 1.37. The van der Waals surface area contributed by atoms with Gasteiger partial charge in [-0.15, -0.1) is 0 Å². The van der Waals surface area contributed by atoms with Crippen molar-refractivity contribution in [1.29, 1.82) is 0 Å². The van der Waals surface area contributed by atoms with Crippen molar-refractivity contribution in [3.8, 4) is 0 Å². The van der Waals surface area contributed by atoms with Crippen molar-refractivity contribution in [3.05, 3.63) is 54.4 Å². The van der Waals surface area contributed by atoms with Gasteiger partial charge in [-0.05, 0) is 37.3 Å². The molecule has 130 valence electrons. The van der Waals surface area contributed by atoms with Crippen LogP contribution in [0, 0.1) is 6.92 Å². The van der Waals surface area contributed by atoms with E-state index in [1.165, 1.54) is 5.69 Å². The maximum atomic E-state index is 10.3. The Bertz CT molecular complexity index is 855. The van der Waals surface area contributed by atoms with Gasteiger partial charge in [-0.25, -0.2) is 9.97 Å². The molecular weight excluding hydrogens is 316 g/mol. The summed E-state index contributed by atoms with van der Waals surface area (Å²) in [4.78, 5) is 13.0. The van der Waals surface area contributed by atoms with Gasteiger partial charge < -0.3 is 14.4 Å². The number of β-amino-alcohol motifs (C(OH)–C–C–N with tert-alkyl or cyclic N) is 1. The molecule has 0 radical (unpaired) electrons. The lowest BCUT2D eigenvalue weighted by Gasteiger charge is -2.36. The molecule has 1 atom stereocenters. The molecular formula is C19H22N4O2. The van der Waals surface area contributed by atoms with E-state index in [4.69, 9.17) is 4.42 Å². The van der Waals surface area contributed by atoms with Gasteiger partial charge >= 0.3 is 0 Å². The van der Waals surface area contributed by atoms with Gasteiger partial charge in [-0.1, -0.05) is 0 Å². The van der Waals surface area contributed by atoms with Crippen LogP contribution in [0.15, 0.2) is 47.3 Å². The number of benzene rings is 1. The highest BCUT2D eigenvalue weighted by molar-refractivity contribution is 5.81. The number of aryl methyl sites for hydroxylation is 1. The standard InChI is InChI=1S/C19H22N4O2/c1-14-2-5-19(25-14)18(24)12-22-6-8-23(9-7-22)16-3-4-17-15(10-16)11-20-13-21-17/h2-5,10-11,13,18,24H,6-9,12H2,1H3. The Labute approximate surface area is 146 Å². The molecule has 25 heavy (non-hydrogen) atoms. The highest BCUT2D eigenvalue weighted by Gasteiger charge is 2.21. The lowest BCUT2D eigenvalue weighted by atomic mass is 10.2. The monoisotopic (exact) mass is 338 g/mol. The lowest BCUT2D eigenvalue weighted by Crippen LogP contribution is -2.47. The third-order valence-electron chi connectivity index (χ3n) is 4.75. The minimum Gasteiger partial charge on any atom is -0.464 e. The van der Waals surface area contributed by atoms with Crippen LogP contribution in [0.1, 0.15) is 17.6 Å². The number of hydrogen-bond donors (Lipinski definition) is 1. The molecule has 0 amide bonds. The van der Waals surface area contributed by atoms with Crippen molar-refractivity contribution in [2.75, 3.05) is 37.6 Å². The molecule has 1 aliphatic rings. The van der Waals surface area contributed by atoms with E-state index in [2.05, 4.69) is 31.9 Å². The van der Waals surface area contributed by atoms with Crippen molar-refractivity contribution in [1.82, 2.24) is 14.9 Å². The van der Waals surface area contributed by atoms with Crippen molar-refractivity contribution >= 4 is 16.6 Å². The van der Waals surface area contributed by atoms with Crippen LogP contribution in [-0.4, -0.2) is 52.7 Å². The normalized spacial score (nSPS) is 17.1. The molecule has 3 aromatic rings. The third kappa shape index (κ3) is 3.50. The van der Waals surface area contributed by atoms with E-state index in [-0.39, 0.29) is 0 Å². The zero-order chi connectivity index (χ0) is 17.2. The third-order valence-corrected chi connectivity index (χ3v) is 4.75. The van der Waals surface area contributed by atoms with Gasteiger partial charge in [0.2, 0.25) is 0 Å². The van der Waals surface area contributed by atoms with Crippen molar-refractivity contribution in [2.24, 2.45) is 0 Å². The summed E-state index contributed by atoms with van der Waals surface area (Å²) in [6.07, 6.45) is 2.86. The number of furan rings is 1. The number of fused-ring (bicyclic) bond motifs is 1. The predicted molar refractivity (Wildman–Crippen MR) is 96.6 cm³/mol. The van der Waals surface area contributed by atoms with Crippen LogP contribution >= 0.6 is 0 Å². The summed E-state index contributed by atoms with van der Waals surface area (Å²) in [6.45, 7) is 6.20. The summed E-state index contributed by atoms with van der Waals surface area (Å²) in [7, 11) is 0. The minimum absolute atomic E-state index is 0.571. The van der Waals surface area contributed by atoms with Gasteiger partial charge in [-0.3, -0.25) is 4.90 Å². The number of aliphatic hydroxyl groups excluding tert-OH is 1. The van der Waals surface area contributed by atoms with E-state index < -0.39 is 6.10 Å². The number of anilines is 1. The van der Waals surface area contributed by atoms with Crippen LogP contribution in [-0.2, 0) is 0 Å². The second-order valence-corrected chi connectivity index (χ2v) is 6.52. The average molecular weight is 338 g/mol. The zero-order valence-electron chi connectivity index (χ0n) is 14.3. The number of hydrogen-bond acceptors (Lipinski definition) is 6. The highest BCUT2D eigenvalue weighted by Crippen LogP contribution is 2.23. The molecule has 6 heteroatoms. The number of aliphatic hydroxyl groups is 1. The molecule has 4 rings (SSSR count). The fraction of sp³-hybridized carbons (Fsp3) is 0.368. The largest absolute Gasteiger partial charge is 0.464 e. The minimum atomic E-state index is -0.571. The topological polar surface area (TPSA) is 65.6 Å². The molecule has 1 aliphatic heterocycles. The number of nitrogens with zero attached hydrogens (tertiary/aromatic N) is 4. The molecule has 0 bridgehead atoms. The summed E-state index contributed by atoms with van der Waals surface area (Å²) in [5.41, 5.74) is 2.17. The quantitative estimate of drug-likeness (QED) is 0.788. The van der Waals surface area contributed by atoms with Gasteiger partial charge in [0, 0.05) is 50.0 Å². The van der Waals surface area contributed by atoms with E-state index in [0.29, 0.717) is 12.3 Å². The summed E-state index contributed by atoms with van der Waals surface area (Å²) >= 11 is 0. The van der Waals surface area contributed by atoms with Crippen LogP contribution < -0.4 is 4.90 Å². The van der Waals surface area contributed by atoms with Crippen LogP contribution in [0.2, 0.25) is 0 Å². The first-order valence-corrected chi connectivity index (χ1v) is 8.60. The van der Waals surface area contributed by atoms with Crippen molar-refractivity contribution in [3.63, 3.8) is 0 Å². The van der Waals surface area contributed by atoms with Gasteiger partial charge in [0.05, 0.1) is 5.52 Å². The second kappa shape index (κ2) is 6.82. The van der Waals surface area contributed by atoms with E-state index >= 15 is 0 Å². The summed E-state index contributed by atoms with van der Waals surface area (Å²) in [5, 5.41) is 11.4. The van der Waals surface area contributed by atoms with E-state index in [9.17, 15) is 5.11 Å². The molecule has 0 spiro atoms. The summed E-state index contributed by atoms with van der Waals surface area (Å²) in [5.74, 6) is 1.48. The maximum absolute atomic E-state index is 10.3. The van der Waals surface area contributed by atoms with Crippen LogP contribution in [0.4, 0.5) is 5.69 Å². The van der Waals surface area contributed by atoms with Crippen LogP contribution in [0.25, 0.3) is 10.9 Å². The first-order valence-electron chi connectivity index (χ1n) is 8.60. The number of rotatable bonds is 4. The second-order valence-electron chi connectivity index (χ2n) is 6.52. The Morgan fingerprint density at radius 1 is 1.16 bits per heavy atom. The predicted octanol–water partition coefficient (Wildman–Crippen LogP) is 2.39. The molecule has 1 fully saturated rings. The van der Waals surface area contributed by atoms with Gasteiger partial charge in [0.15, 0.2) is 0 Å². The van der Waals surface area contributed by atoms with Crippen molar-refractivity contribution < 1.29 is 9.52 Å². The zero-order valence-corrected chi connectivity index (χ0v) is 14.3. The molecule has 1 unspecified atom stereocenters. The first-order chi connectivity index (χ1) is 12.2. The maximum Gasteiger partial charge on any atom is 0.133 e. The van der Waals surface area contributed by atoms with Gasteiger partial charge in [0.1, 0.15) is 24.0 Å². The Morgan fingerprint density at radius 2 is 2.00 bits per heavy atom. The number of piperazine rings is 1. The van der Waals surface area contributed by atoms with E-state index in [1.54, 1.807) is 6.33 Å². The molecule has 1 saturated heterocycles.